The summed E-state index contributed by atoms with van der Waals surface area (Å²) in [5, 5.41) is 11.8. The lowest BCUT2D eigenvalue weighted by molar-refractivity contribution is 0.181. The molecule has 3 rings (SSSR count). The number of likely N-dealkylation sites (N-methyl/N-ethyl adjacent to an activating group) is 1. The Morgan fingerprint density at radius 2 is 2.29 bits per heavy atom. The minimum absolute atomic E-state index is 0.549. The van der Waals surface area contributed by atoms with Crippen LogP contribution in [0.1, 0.15) is 24.3 Å². The first-order valence-electron chi connectivity index (χ1n) is 7.53. The average molecular weight is 286 g/mol. The number of hydrogen-bond donors (Lipinski definition) is 1. The molecule has 0 amide bonds. The van der Waals surface area contributed by atoms with E-state index in [0.29, 0.717) is 24.4 Å². The van der Waals surface area contributed by atoms with Gasteiger partial charge in [0.15, 0.2) is 0 Å². The summed E-state index contributed by atoms with van der Waals surface area (Å²) in [4.78, 5) is 2.29. The van der Waals surface area contributed by atoms with Crippen LogP contribution in [0, 0.1) is 6.92 Å². The molecule has 0 spiro atoms. The quantitative estimate of drug-likeness (QED) is 0.934. The molecule has 2 aromatic rings. The van der Waals surface area contributed by atoms with E-state index >= 15 is 0 Å². The molecule has 112 valence electrons. The van der Waals surface area contributed by atoms with E-state index in [1.165, 1.54) is 18.4 Å². The number of aryl methyl sites for hydroxylation is 1. The van der Waals surface area contributed by atoms with E-state index in [2.05, 4.69) is 46.5 Å². The molecule has 5 nitrogen and oxygen atoms in total. The smallest absolute Gasteiger partial charge is 0.247 e. The zero-order chi connectivity index (χ0) is 14.7. The summed E-state index contributed by atoms with van der Waals surface area (Å²) in [6, 6.07) is 8.68. The van der Waals surface area contributed by atoms with Gasteiger partial charge >= 0.3 is 0 Å². The standard InChI is InChI=1S/C16H22N4O/c1-12-5-3-6-13(9-12)16-19-18-15(21-16)11-20(2)14-7-4-8-17-10-14/h3,5-6,9,14,17H,4,7-8,10-11H2,1-2H3. The van der Waals surface area contributed by atoms with Crippen molar-refractivity contribution in [2.75, 3.05) is 20.1 Å². The van der Waals surface area contributed by atoms with Gasteiger partial charge in [-0.2, -0.15) is 0 Å². The Morgan fingerprint density at radius 1 is 1.38 bits per heavy atom. The Labute approximate surface area is 125 Å². The lowest BCUT2D eigenvalue weighted by Crippen LogP contribution is -2.43. The van der Waals surface area contributed by atoms with Crippen molar-refractivity contribution in [3.63, 3.8) is 0 Å². The Hall–Kier alpha value is -1.72. The highest BCUT2D eigenvalue weighted by Gasteiger charge is 2.19. The second-order valence-electron chi connectivity index (χ2n) is 5.79. The highest BCUT2D eigenvalue weighted by Crippen LogP contribution is 2.20. The molecule has 5 heteroatoms. The van der Waals surface area contributed by atoms with Gasteiger partial charge in [0.05, 0.1) is 6.54 Å². The highest BCUT2D eigenvalue weighted by molar-refractivity contribution is 5.53. The first-order valence-corrected chi connectivity index (χ1v) is 7.53. The second-order valence-corrected chi connectivity index (χ2v) is 5.79. The van der Waals surface area contributed by atoms with Gasteiger partial charge in [-0.05, 0) is 45.5 Å². The molecule has 0 saturated carbocycles. The Bertz CT molecular complexity index is 589. The predicted octanol–water partition coefficient (Wildman–Crippen LogP) is 2.23. The highest BCUT2D eigenvalue weighted by atomic mass is 16.4. The molecule has 1 aliphatic rings. The number of aromatic nitrogens is 2. The molecular formula is C16H22N4O. The topological polar surface area (TPSA) is 54.2 Å². The van der Waals surface area contributed by atoms with Crippen molar-refractivity contribution in [1.29, 1.82) is 0 Å². The van der Waals surface area contributed by atoms with Crippen molar-refractivity contribution in [2.45, 2.75) is 32.4 Å². The largest absolute Gasteiger partial charge is 0.419 e. The molecule has 0 radical (unpaired) electrons. The molecule has 1 aliphatic heterocycles. The van der Waals surface area contributed by atoms with Crippen LogP contribution in [0.2, 0.25) is 0 Å². The Morgan fingerprint density at radius 3 is 3.05 bits per heavy atom. The van der Waals surface area contributed by atoms with Crippen molar-refractivity contribution >= 4 is 0 Å². The molecule has 0 bridgehead atoms. The van der Waals surface area contributed by atoms with E-state index in [-0.39, 0.29) is 0 Å². The molecule has 1 fully saturated rings. The van der Waals surface area contributed by atoms with E-state index in [1.54, 1.807) is 0 Å². The van der Waals surface area contributed by atoms with Crippen LogP contribution >= 0.6 is 0 Å². The first-order chi connectivity index (χ1) is 10.2. The molecule has 1 aromatic carbocycles. The van der Waals surface area contributed by atoms with Gasteiger partial charge in [0.2, 0.25) is 11.8 Å². The minimum atomic E-state index is 0.549. The number of hydrogen-bond acceptors (Lipinski definition) is 5. The molecule has 0 aliphatic carbocycles. The molecule has 2 heterocycles. The van der Waals surface area contributed by atoms with Crippen LogP contribution in [0.25, 0.3) is 11.5 Å². The lowest BCUT2D eigenvalue weighted by atomic mass is 10.1. The lowest BCUT2D eigenvalue weighted by Gasteiger charge is -2.30. The van der Waals surface area contributed by atoms with Crippen LogP contribution < -0.4 is 5.32 Å². The molecule has 1 saturated heterocycles. The summed E-state index contributed by atoms with van der Waals surface area (Å²) in [5.74, 6) is 1.28. The summed E-state index contributed by atoms with van der Waals surface area (Å²) in [7, 11) is 2.12. The fraction of sp³-hybridized carbons (Fsp3) is 0.500. The van der Waals surface area contributed by atoms with Crippen molar-refractivity contribution in [3.8, 4) is 11.5 Å². The maximum absolute atomic E-state index is 5.80. The van der Waals surface area contributed by atoms with Gasteiger partial charge in [-0.1, -0.05) is 17.7 Å². The summed E-state index contributed by atoms with van der Waals surface area (Å²) >= 11 is 0. The van der Waals surface area contributed by atoms with Crippen LogP contribution in [0.4, 0.5) is 0 Å². The zero-order valence-corrected chi connectivity index (χ0v) is 12.7. The SMILES string of the molecule is Cc1cccc(-c2nnc(CN(C)C3CCCNC3)o2)c1. The monoisotopic (exact) mass is 286 g/mol. The summed E-state index contributed by atoms with van der Waals surface area (Å²) in [5.41, 5.74) is 2.17. The van der Waals surface area contributed by atoms with Gasteiger partial charge in [-0.25, -0.2) is 0 Å². The van der Waals surface area contributed by atoms with E-state index < -0.39 is 0 Å². The van der Waals surface area contributed by atoms with Gasteiger partial charge in [0.1, 0.15) is 0 Å². The maximum Gasteiger partial charge on any atom is 0.247 e. The summed E-state index contributed by atoms with van der Waals surface area (Å²) in [6.45, 7) is 4.92. The van der Waals surface area contributed by atoms with Crippen molar-refractivity contribution in [1.82, 2.24) is 20.4 Å². The Kier molecular flexibility index (Phi) is 4.31. The van der Waals surface area contributed by atoms with Crippen LogP contribution in [0.3, 0.4) is 0 Å². The second kappa shape index (κ2) is 6.37. The maximum atomic E-state index is 5.80. The fourth-order valence-electron chi connectivity index (χ4n) is 2.76. The van der Waals surface area contributed by atoms with Crippen LogP contribution in [-0.2, 0) is 6.54 Å². The number of benzene rings is 1. The van der Waals surface area contributed by atoms with E-state index in [0.717, 1.165) is 18.7 Å². The van der Waals surface area contributed by atoms with E-state index in [9.17, 15) is 0 Å². The zero-order valence-electron chi connectivity index (χ0n) is 12.7. The Balaban J connectivity index is 1.67. The number of piperidine rings is 1. The van der Waals surface area contributed by atoms with Gasteiger partial charge in [0, 0.05) is 18.2 Å². The fourth-order valence-corrected chi connectivity index (χ4v) is 2.76. The van der Waals surface area contributed by atoms with Gasteiger partial charge < -0.3 is 9.73 Å². The summed E-state index contributed by atoms with van der Waals surface area (Å²) in [6.07, 6.45) is 2.45. The minimum Gasteiger partial charge on any atom is -0.419 e. The summed E-state index contributed by atoms with van der Waals surface area (Å²) < 4.78 is 5.80. The molecule has 1 N–H and O–H groups in total. The van der Waals surface area contributed by atoms with Crippen LogP contribution in [0.5, 0.6) is 0 Å². The first kappa shape index (κ1) is 14.2. The average Bonchev–Trinajstić information content (AvgIpc) is 2.97. The molecule has 1 unspecified atom stereocenters. The van der Waals surface area contributed by atoms with Crippen LogP contribution in [0.15, 0.2) is 28.7 Å². The van der Waals surface area contributed by atoms with Crippen molar-refractivity contribution in [2.24, 2.45) is 0 Å². The molecule has 21 heavy (non-hydrogen) atoms. The van der Waals surface area contributed by atoms with Gasteiger partial charge in [0.25, 0.3) is 0 Å². The van der Waals surface area contributed by atoms with E-state index in [4.69, 9.17) is 4.42 Å². The third-order valence-corrected chi connectivity index (χ3v) is 4.01. The molecule has 1 atom stereocenters. The third kappa shape index (κ3) is 3.49. The number of nitrogens with zero attached hydrogens (tertiary/aromatic N) is 3. The number of nitrogens with one attached hydrogen (secondary N) is 1. The van der Waals surface area contributed by atoms with Crippen molar-refractivity contribution in [3.05, 3.63) is 35.7 Å². The van der Waals surface area contributed by atoms with Crippen LogP contribution in [-0.4, -0.2) is 41.3 Å². The van der Waals surface area contributed by atoms with Gasteiger partial charge in [-0.3, -0.25) is 4.90 Å². The normalized spacial score (nSPS) is 19.1. The number of rotatable bonds is 4. The van der Waals surface area contributed by atoms with E-state index in [1.807, 2.05) is 12.1 Å². The molecule has 1 aromatic heterocycles. The predicted molar refractivity (Wildman–Crippen MR) is 81.8 cm³/mol. The van der Waals surface area contributed by atoms with Gasteiger partial charge in [-0.15, -0.1) is 10.2 Å². The third-order valence-electron chi connectivity index (χ3n) is 4.01. The van der Waals surface area contributed by atoms with Crippen molar-refractivity contribution < 1.29 is 4.42 Å². The molecular weight excluding hydrogens is 264 g/mol.